The van der Waals surface area contributed by atoms with Crippen molar-refractivity contribution in [3.63, 3.8) is 0 Å². The molecule has 2 aromatic carbocycles. The molecule has 2 aromatic rings. The van der Waals surface area contributed by atoms with E-state index in [-0.39, 0.29) is 11.0 Å². The normalized spacial score (nSPS) is 12.3. The molecule has 2 rings (SSSR count). The molecule has 0 aliphatic rings. The molecule has 0 saturated heterocycles. The van der Waals surface area contributed by atoms with Crippen molar-refractivity contribution in [2.75, 3.05) is 4.90 Å². The molecule has 0 spiro atoms. The molecule has 0 aliphatic carbocycles. The fourth-order valence-electron chi connectivity index (χ4n) is 2.85. The van der Waals surface area contributed by atoms with Gasteiger partial charge in [0.25, 0.3) is 0 Å². The molecule has 1 heteroatoms. The Morgan fingerprint density at radius 2 is 1.22 bits per heavy atom. The molecule has 0 saturated carbocycles. The van der Waals surface area contributed by atoms with Gasteiger partial charge in [0.15, 0.2) is 0 Å². The summed E-state index contributed by atoms with van der Waals surface area (Å²) in [5, 5.41) is 0. The summed E-state index contributed by atoms with van der Waals surface area (Å²) in [5.74, 6) is 0. The molecule has 0 radical (unpaired) electrons. The first-order valence-electron chi connectivity index (χ1n) is 8.77. The van der Waals surface area contributed by atoms with Gasteiger partial charge in [0.05, 0.1) is 0 Å². The molecule has 0 unspecified atom stereocenters. The van der Waals surface area contributed by atoms with Gasteiger partial charge in [0, 0.05) is 16.9 Å². The van der Waals surface area contributed by atoms with Crippen molar-refractivity contribution < 1.29 is 0 Å². The zero-order valence-electron chi connectivity index (χ0n) is 15.6. The summed E-state index contributed by atoms with van der Waals surface area (Å²) in [5.41, 5.74) is 4.23. The fraction of sp³-hybridized carbons (Fsp3) is 0.455. The van der Waals surface area contributed by atoms with Crippen LogP contribution in [0.4, 0.5) is 11.4 Å². The summed E-state index contributed by atoms with van der Waals surface area (Å²) in [6.45, 7) is 13.8. The Morgan fingerprint density at radius 1 is 0.696 bits per heavy atom. The van der Waals surface area contributed by atoms with Gasteiger partial charge < -0.3 is 4.90 Å². The van der Waals surface area contributed by atoms with Gasteiger partial charge in [0.1, 0.15) is 0 Å². The summed E-state index contributed by atoms with van der Waals surface area (Å²) in [6, 6.07) is 19.8. The van der Waals surface area contributed by atoms with Crippen molar-refractivity contribution in [1.82, 2.24) is 0 Å². The topological polar surface area (TPSA) is 3.24 Å². The average molecular weight is 309 g/mol. The Labute approximate surface area is 142 Å². The van der Waals surface area contributed by atoms with Gasteiger partial charge in [0.2, 0.25) is 0 Å². The molecule has 124 valence electrons. The first kappa shape index (κ1) is 17.6. The molecule has 1 nitrogen and oxygen atoms in total. The van der Waals surface area contributed by atoms with Crippen LogP contribution in [0.5, 0.6) is 0 Å². The Hall–Kier alpha value is -1.76. The van der Waals surface area contributed by atoms with Crippen molar-refractivity contribution in [2.24, 2.45) is 0 Å². The average Bonchev–Trinajstić information content (AvgIpc) is 2.56. The maximum absolute atomic E-state index is 2.45. The van der Waals surface area contributed by atoms with Crippen molar-refractivity contribution in [1.29, 1.82) is 0 Å². The number of hydrogen-bond acceptors (Lipinski definition) is 1. The molecule has 0 bridgehead atoms. The Balaban J connectivity index is 2.45. The van der Waals surface area contributed by atoms with Gasteiger partial charge >= 0.3 is 0 Å². The van der Waals surface area contributed by atoms with E-state index in [1.807, 2.05) is 0 Å². The van der Waals surface area contributed by atoms with Crippen LogP contribution < -0.4 is 4.90 Å². The van der Waals surface area contributed by atoms with Crippen LogP contribution in [0.3, 0.4) is 0 Å². The third-order valence-electron chi connectivity index (χ3n) is 5.28. The zero-order valence-corrected chi connectivity index (χ0v) is 15.6. The van der Waals surface area contributed by atoms with E-state index in [0.717, 1.165) is 12.8 Å². The lowest BCUT2D eigenvalue weighted by atomic mass is 9.82. The molecule has 0 aliphatic heterocycles. The van der Waals surface area contributed by atoms with Crippen LogP contribution in [-0.2, 0) is 5.41 Å². The molecule has 0 fully saturated rings. The smallest absolute Gasteiger partial charge is 0.0416 e. The Bertz CT molecular complexity index is 608. The monoisotopic (exact) mass is 309 g/mol. The van der Waals surface area contributed by atoms with Crippen LogP contribution in [0.15, 0.2) is 54.6 Å². The van der Waals surface area contributed by atoms with E-state index in [1.54, 1.807) is 0 Å². The quantitative estimate of drug-likeness (QED) is 0.573. The maximum Gasteiger partial charge on any atom is 0.0416 e. The lowest BCUT2D eigenvalue weighted by molar-refractivity contribution is 0.487. The van der Waals surface area contributed by atoms with Crippen molar-refractivity contribution in [2.45, 2.75) is 65.3 Å². The molecule has 0 N–H and O–H groups in total. The molecule has 23 heavy (non-hydrogen) atoms. The third-order valence-corrected chi connectivity index (χ3v) is 5.28. The third kappa shape index (κ3) is 3.77. The second-order valence-electron chi connectivity index (χ2n) is 7.62. The second-order valence-corrected chi connectivity index (χ2v) is 7.62. The summed E-state index contributed by atoms with van der Waals surface area (Å²) in [6.07, 6.45) is 2.24. The van der Waals surface area contributed by atoms with E-state index in [2.05, 4.69) is 101 Å². The predicted octanol–water partition coefficient (Wildman–Crippen LogP) is 6.70. The van der Waals surface area contributed by atoms with Crippen molar-refractivity contribution in [3.8, 4) is 0 Å². The zero-order chi connectivity index (χ0) is 17.1. The van der Waals surface area contributed by atoms with Gasteiger partial charge in [-0.1, -0.05) is 58.0 Å². The second kappa shape index (κ2) is 6.78. The number of anilines is 2. The molecular formula is C22H31N. The summed E-state index contributed by atoms with van der Waals surface area (Å²) in [4.78, 5) is 2.45. The van der Waals surface area contributed by atoms with Gasteiger partial charge in [-0.3, -0.25) is 0 Å². The van der Waals surface area contributed by atoms with E-state index in [0.29, 0.717) is 0 Å². The van der Waals surface area contributed by atoms with E-state index < -0.39 is 0 Å². The number of benzene rings is 2. The summed E-state index contributed by atoms with van der Waals surface area (Å²) < 4.78 is 0. The number of rotatable bonds is 6. The van der Waals surface area contributed by atoms with Crippen molar-refractivity contribution in [3.05, 3.63) is 60.2 Å². The molecule has 0 aromatic heterocycles. The number of para-hydroxylation sites is 1. The van der Waals surface area contributed by atoms with Gasteiger partial charge in [-0.05, 0) is 61.9 Å². The largest absolute Gasteiger partial charge is 0.336 e. The first-order chi connectivity index (χ1) is 10.8. The van der Waals surface area contributed by atoms with Gasteiger partial charge in [-0.25, -0.2) is 0 Å². The molecule has 0 heterocycles. The number of nitrogens with zero attached hydrogens (tertiary/aromatic N) is 1. The highest BCUT2D eigenvalue weighted by Crippen LogP contribution is 2.36. The number of hydrogen-bond donors (Lipinski definition) is 0. The van der Waals surface area contributed by atoms with Crippen LogP contribution >= 0.6 is 0 Å². The van der Waals surface area contributed by atoms with Crippen LogP contribution in [0.2, 0.25) is 0 Å². The highest BCUT2D eigenvalue weighted by Gasteiger charge is 2.27. The van der Waals surface area contributed by atoms with Gasteiger partial charge in [-0.15, -0.1) is 0 Å². The minimum Gasteiger partial charge on any atom is -0.336 e. The maximum atomic E-state index is 2.45. The SMILES string of the molecule is CCC(C)(C)c1ccc(N(c2ccccc2)C(C)(C)CC)cc1. The van der Waals surface area contributed by atoms with E-state index >= 15 is 0 Å². The van der Waals surface area contributed by atoms with E-state index in [1.165, 1.54) is 16.9 Å². The first-order valence-corrected chi connectivity index (χ1v) is 8.77. The fourth-order valence-corrected chi connectivity index (χ4v) is 2.85. The lowest BCUT2D eigenvalue weighted by Crippen LogP contribution is -2.40. The predicted molar refractivity (Wildman–Crippen MR) is 103 cm³/mol. The van der Waals surface area contributed by atoms with Crippen LogP contribution in [-0.4, -0.2) is 5.54 Å². The van der Waals surface area contributed by atoms with E-state index in [9.17, 15) is 0 Å². The lowest BCUT2D eigenvalue weighted by Gasteiger charge is -2.40. The minimum atomic E-state index is 0.0726. The Kier molecular flexibility index (Phi) is 5.19. The van der Waals surface area contributed by atoms with Crippen LogP contribution in [0.1, 0.15) is 59.9 Å². The molecule has 0 atom stereocenters. The standard InChI is InChI=1S/C22H31N/c1-7-21(3,4)18-14-16-20(17-15-18)23(22(5,6)8-2)19-12-10-9-11-13-19/h9-17H,7-8H2,1-6H3. The van der Waals surface area contributed by atoms with Crippen LogP contribution in [0, 0.1) is 0 Å². The molecular weight excluding hydrogens is 278 g/mol. The summed E-state index contributed by atoms with van der Waals surface area (Å²) in [7, 11) is 0. The highest BCUT2D eigenvalue weighted by atomic mass is 15.2. The van der Waals surface area contributed by atoms with Crippen molar-refractivity contribution >= 4 is 11.4 Å². The molecule has 0 amide bonds. The summed E-state index contributed by atoms with van der Waals surface area (Å²) >= 11 is 0. The van der Waals surface area contributed by atoms with Crippen LogP contribution in [0.25, 0.3) is 0 Å². The van der Waals surface area contributed by atoms with Gasteiger partial charge in [-0.2, -0.15) is 0 Å². The minimum absolute atomic E-state index is 0.0726. The van der Waals surface area contributed by atoms with E-state index in [4.69, 9.17) is 0 Å². The highest BCUT2D eigenvalue weighted by molar-refractivity contribution is 5.65. The Morgan fingerprint density at radius 3 is 1.70 bits per heavy atom.